The lowest BCUT2D eigenvalue weighted by Crippen LogP contribution is -2.55. The predicted octanol–water partition coefficient (Wildman–Crippen LogP) is 0.249. The van der Waals surface area contributed by atoms with Crippen LogP contribution in [0.4, 0.5) is 0 Å². The van der Waals surface area contributed by atoms with Crippen molar-refractivity contribution in [3.8, 4) is 0 Å². The van der Waals surface area contributed by atoms with E-state index in [1.807, 2.05) is 7.05 Å². The van der Waals surface area contributed by atoms with Crippen molar-refractivity contribution < 1.29 is 13.2 Å². The van der Waals surface area contributed by atoms with Gasteiger partial charge in [-0.05, 0) is 19.9 Å². The first-order chi connectivity index (χ1) is 11.0. The molecule has 0 unspecified atom stereocenters. The van der Waals surface area contributed by atoms with Crippen molar-refractivity contribution in [3.63, 3.8) is 0 Å². The maximum absolute atomic E-state index is 12.8. The van der Waals surface area contributed by atoms with E-state index in [1.165, 1.54) is 10.7 Å². The molecule has 0 aromatic heterocycles. The van der Waals surface area contributed by atoms with Crippen molar-refractivity contribution >= 4 is 16.1 Å². The topological polar surface area (TPSA) is 73.0 Å². The number of piperazine rings is 1. The van der Waals surface area contributed by atoms with E-state index in [0.717, 1.165) is 25.7 Å². The van der Waals surface area contributed by atoms with Gasteiger partial charge in [-0.2, -0.15) is 17.0 Å². The summed E-state index contributed by atoms with van der Waals surface area (Å²) in [7, 11) is 0.111. The molecule has 0 aromatic carbocycles. The van der Waals surface area contributed by atoms with Gasteiger partial charge >= 0.3 is 0 Å². The van der Waals surface area contributed by atoms with Crippen molar-refractivity contribution in [1.29, 1.82) is 0 Å². The number of hydrogen-bond donors (Lipinski definition) is 1. The molecule has 1 N–H and O–H groups in total. The van der Waals surface area contributed by atoms with E-state index < -0.39 is 10.2 Å². The predicted molar refractivity (Wildman–Crippen MR) is 90.3 cm³/mol. The highest BCUT2D eigenvalue weighted by Crippen LogP contribution is 2.25. The number of carbonyl (C=O) groups excluding carboxylic acids is 1. The molecule has 23 heavy (non-hydrogen) atoms. The van der Waals surface area contributed by atoms with Gasteiger partial charge in [0.25, 0.3) is 10.2 Å². The Morgan fingerprint density at radius 3 is 2.30 bits per heavy atom. The highest BCUT2D eigenvalue weighted by molar-refractivity contribution is 7.86. The Hall–Kier alpha value is -0.700. The van der Waals surface area contributed by atoms with Crippen LogP contribution in [0.2, 0.25) is 0 Å². The molecule has 1 saturated carbocycles. The van der Waals surface area contributed by atoms with Crippen molar-refractivity contribution in [2.45, 2.75) is 44.6 Å². The van der Waals surface area contributed by atoms with Crippen molar-refractivity contribution in [3.05, 3.63) is 0 Å². The van der Waals surface area contributed by atoms with Crippen LogP contribution in [0, 0.1) is 0 Å². The normalized spacial score (nSPS) is 21.8. The van der Waals surface area contributed by atoms with Crippen LogP contribution in [0.3, 0.4) is 0 Å². The Bertz CT molecular complexity index is 483. The Kier molecular flexibility index (Phi) is 6.82. The molecule has 134 valence electrons. The zero-order valence-corrected chi connectivity index (χ0v) is 15.1. The molecule has 2 rings (SSSR count). The first-order valence-electron chi connectivity index (χ1n) is 8.62. The van der Waals surface area contributed by atoms with Gasteiger partial charge in [0.05, 0.1) is 0 Å². The summed E-state index contributed by atoms with van der Waals surface area (Å²) in [6, 6.07) is 0.129. The summed E-state index contributed by atoms with van der Waals surface area (Å²) >= 11 is 0. The summed E-state index contributed by atoms with van der Waals surface area (Å²) in [6.45, 7) is 2.41. The van der Waals surface area contributed by atoms with E-state index in [1.54, 1.807) is 16.3 Å². The van der Waals surface area contributed by atoms with Crippen molar-refractivity contribution in [2.75, 3.05) is 46.8 Å². The zero-order chi connectivity index (χ0) is 16.9. The fraction of sp³-hybridized carbons (Fsp3) is 0.933. The summed E-state index contributed by atoms with van der Waals surface area (Å²) in [6.07, 6.45) is 5.80. The summed E-state index contributed by atoms with van der Waals surface area (Å²) < 4.78 is 28.6. The molecule has 1 saturated heterocycles. The lowest BCUT2D eigenvalue weighted by molar-refractivity contribution is -0.132. The number of hydrogen-bond acceptors (Lipinski definition) is 4. The molecule has 1 heterocycles. The second-order valence-electron chi connectivity index (χ2n) is 6.45. The minimum Gasteiger partial charge on any atom is -0.340 e. The quantitative estimate of drug-likeness (QED) is 0.748. The van der Waals surface area contributed by atoms with Crippen LogP contribution in [0.15, 0.2) is 0 Å². The second-order valence-corrected chi connectivity index (χ2v) is 8.44. The SMILES string of the molecule is CNCCC(=O)N1CCN(S(=O)(=O)N(C)C2CCCCC2)CC1. The highest BCUT2D eigenvalue weighted by atomic mass is 32.2. The number of rotatable bonds is 6. The molecule has 0 atom stereocenters. The largest absolute Gasteiger partial charge is 0.340 e. The lowest BCUT2D eigenvalue weighted by Gasteiger charge is -2.38. The maximum Gasteiger partial charge on any atom is 0.282 e. The Labute approximate surface area is 140 Å². The molecule has 0 aromatic rings. The van der Waals surface area contributed by atoms with Gasteiger partial charge < -0.3 is 10.2 Å². The van der Waals surface area contributed by atoms with Gasteiger partial charge in [-0.3, -0.25) is 4.79 Å². The maximum atomic E-state index is 12.8. The summed E-state index contributed by atoms with van der Waals surface area (Å²) in [4.78, 5) is 13.8. The average Bonchev–Trinajstić information content (AvgIpc) is 2.59. The number of carbonyl (C=O) groups is 1. The Balaban J connectivity index is 1.88. The molecule has 8 heteroatoms. The molecule has 0 bridgehead atoms. The molecule has 0 radical (unpaired) electrons. The van der Waals surface area contributed by atoms with E-state index in [-0.39, 0.29) is 11.9 Å². The molecule has 1 amide bonds. The molecule has 1 aliphatic heterocycles. The Morgan fingerprint density at radius 1 is 1.13 bits per heavy atom. The first-order valence-corrected chi connectivity index (χ1v) is 10.0. The van der Waals surface area contributed by atoms with Crippen LogP contribution >= 0.6 is 0 Å². The van der Waals surface area contributed by atoms with E-state index >= 15 is 0 Å². The van der Waals surface area contributed by atoms with Gasteiger partial charge in [-0.1, -0.05) is 19.3 Å². The van der Waals surface area contributed by atoms with Gasteiger partial charge in [0.1, 0.15) is 0 Å². The van der Waals surface area contributed by atoms with Crippen molar-refractivity contribution in [2.24, 2.45) is 0 Å². The van der Waals surface area contributed by atoms with Crippen LogP contribution in [-0.4, -0.2) is 80.7 Å². The second kappa shape index (κ2) is 8.41. The molecule has 0 spiro atoms. The van der Waals surface area contributed by atoms with Crippen molar-refractivity contribution in [1.82, 2.24) is 18.8 Å². The molecule has 2 aliphatic rings. The van der Waals surface area contributed by atoms with Crippen LogP contribution in [0.1, 0.15) is 38.5 Å². The van der Waals surface area contributed by atoms with Gasteiger partial charge in [0, 0.05) is 52.2 Å². The van der Waals surface area contributed by atoms with Crippen LogP contribution in [-0.2, 0) is 15.0 Å². The molecule has 1 aliphatic carbocycles. The van der Waals surface area contributed by atoms with E-state index in [9.17, 15) is 13.2 Å². The van der Waals surface area contributed by atoms with Gasteiger partial charge in [0.15, 0.2) is 0 Å². The van der Waals surface area contributed by atoms with E-state index in [2.05, 4.69) is 5.32 Å². The summed E-state index contributed by atoms with van der Waals surface area (Å²) in [5.41, 5.74) is 0. The minimum absolute atomic E-state index is 0.0945. The fourth-order valence-electron chi connectivity index (χ4n) is 3.37. The highest BCUT2D eigenvalue weighted by Gasteiger charge is 2.35. The van der Waals surface area contributed by atoms with E-state index in [4.69, 9.17) is 0 Å². The Morgan fingerprint density at radius 2 is 1.74 bits per heavy atom. The minimum atomic E-state index is -3.41. The first kappa shape index (κ1) is 18.6. The monoisotopic (exact) mass is 346 g/mol. The van der Waals surface area contributed by atoms with Crippen LogP contribution in [0.5, 0.6) is 0 Å². The zero-order valence-electron chi connectivity index (χ0n) is 14.3. The third-order valence-corrected chi connectivity index (χ3v) is 7.00. The third kappa shape index (κ3) is 4.65. The molecular weight excluding hydrogens is 316 g/mol. The van der Waals surface area contributed by atoms with Gasteiger partial charge in [-0.25, -0.2) is 0 Å². The fourth-order valence-corrected chi connectivity index (χ4v) is 4.95. The lowest BCUT2D eigenvalue weighted by atomic mass is 9.96. The third-order valence-electron chi connectivity index (χ3n) is 4.96. The molecular formula is C15H30N4O3S. The van der Waals surface area contributed by atoms with E-state index in [0.29, 0.717) is 39.1 Å². The van der Waals surface area contributed by atoms with Crippen LogP contribution in [0.25, 0.3) is 0 Å². The number of nitrogens with zero attached hydrogens (tertiary/aromatic N) is 3. The van der Waals surface area contributed by atoms with Crippen LogP contribution < -0.4 is 5.32 Å². The number of nitrogens with one attached hydrogen (secondary N) is 1. The smallest absolute Gasteiger partial charge is 0.282 e. The summed E-state index contributed by atoms with van der Waals surface area (Å²) in [5.74, 6) is 0.0945. The molecule has 7 nitrogen and oxygen atoms in total. The van der Waals surface area contributed by atoms with Gasteiger partial charge in [-0.15, -0.1) is 0 Å². The van der Waals surface area contributed by atoms with Gasteiger partial charge in [0.2, 0.25) is 5.91 Å². The molecule has 2 fully saturated rings. The average molecular weight is 346 g/mol. The number of amides is 1. The summed E-state index contributed by atoms with van der Waals surface area (Å²) in [5, 5.41) is 2.96. The standard InChI is InChI=1S/C15H30N4O3S/c1-16-9-8-15(20)18-10-12-19(13-11-18)23(21,22)17(2)14-6-4-3-5-7-14/h14,16H,3-13H2,1-2H3.